The van der Waals surface area contributed by atoms with E-state index in [0.29, 0.717) is 6.54 Å². The lowest BCUT2D eigenvalue weighted by molar-refractivity contribution is -0.00589. The Morgan fingerprint density at radius 1 is 1.24 bits per heavy atom. The van der Waals surface area contributed by atoms with Gasteiger partial charge in [-0.25, -0.2) is 4.68 Å². The maximum Gasteiger partial charge on any atom is 0.259 e. The van der Waals surface area contributed by atoms with E-state index >= 15 is 0 Å². The zero-order chi connectivity index (χ0) is 17.9. The van der Waals surface area contributed by atoms with Crippen LogP contribution in [0.3, 0.4) is 0 Å². The molecule has 6 heteroatoms. The minimum Gasteiger partial charge on any atom is -0.389 e. The normalized spacial score (nSPS) is 16.7. The van der Waals surface area contributed by atoms with Gasteiger partial charge in [0.25, 0.3) is 5.56 Å². The summed E-state index contributed by atoms with van der Waals surface area (Å²) in [6, 6.07) is 6.23. The standard InChI is InChI=1S/C19H24N4O2/c1-12-5-6-14-15(7-12)18(24)21(4)17-16(14)8-20-23(17)13-9-22(10-13)11-19(2,3)25/h5-8,13,25H,9-11H2,1-4H3. The first-order valence-corrected chi connectivity index (χ1v) is 8.66. The summed E-state index contributed by atoms with van der Waals surface area (Å²) in [4.78, 5) is 15.0. The van der Waals surface area contributed by atoms with Gasteiger partial charge in [0.2, 0.25) is 0 Å². The van der Waals surface area contributed by atoms with Crippen molar-refractivity contribution in [1.82, 2.24) is 19.2 Å². The predicted molar refractivity (Wildman–Crippen MR) is 99.0 cm³/mol. The number of hydrogen-bond acceptors (Lipinski definition) is 4. The third kappa shape index (κ3) is 2.65. The largest absolute Gasteiger partial charge is 0.389 e. The molecule has 1 aliphatic rings. The zero-order valence-electron chi connectivity index (χ0n) is 15.2. The molecule has 0 unspecified atom stereocenters. The number of β-amino-alcohol motifs (C(OH)–C–C–N with tert-alkyl or cyclic N) is 1. The number of rotatable bonds is 3. The highest BCUT2D eigenvalue weighted by Crippen LogP contribution is 2.29. The highest BCUT2D eigenvalue weighted by atomic mass is 16.3. The van der Waals surface area contributed by atoms with E-state index in [-0.39, 0.29) is 11.6 Å². The highest BCUT2D eigenvalue weighted by molar-refractivity contribution is 6.04. The van der Waals surface area contributed by atoms with Gasteiger partial charge in [-0.15, -0.1) is 0 Å². The second-order valence-corrected chi connectivity index (χ2v) is 7.90. The van der Waals surface area contributed by atoms with E-state index in [9.17, 15) is 9.90 Å². The molecule has 1 aromatic carbocycles. The molecule has 25 heavy (non-hydrogen) atoms. The van der Waals surface area contributed by atoms with E-state index in [1.165, 1.54) is 0 Å². The van der Waals surface area contributed by atoms with Gasteiger partial charge in [-0.3, -0.25) is 14.3 Å². The second kappa shape index (κ2) is 5.41. The monoisotopic (exact) mass is 340 g/mol. The average molecular weight is 340 g/mol. The third-order valence-corrected chi connectivity index (χ3v) is 4.98. The summed E-state index contributed by atoms with van der Waals surface area (Å²) in [6.07, 6.45) is 1.87. The van der Waals surface area contributed by atoms with Crippen molar-refractivity contribution in [2.24, 2.45) is 7.05 Å². The van der Waals surface area contributed by atoms with Gasteiger partial charge in [0.1, 0.15) is 5.65 Å². The quantitative estimate of drug-likeness (QED) is 0.790. The average Bonchev–Trinajstić information content (AvgIpc) is 2.91. The number of hydrogen-bond donors (Lipinski definition) is 1. The van der Waals surface area contributed by atoms with Crippen LogP contribution >= 0.6 is 0 Å². The molecule has 6 nitrogen and oxygen atoms in total. The van der Waals surface area contributed by atoms with E-state index in [4.69, 9.17) is 0 Å². The zero-order valence-corrected chi connectivity index (χ0v) is 15.2. The Hall–Kier alpha value is -2.18. The van der Waals surface area contributed by atoms with Crippen LogP contribution in [0.2, 0.25) is 0 Å². The predicted octanol–water partition coefficient (Wildman–Crippen LogP) is 1.82. The van der Waals surface area contributed by atoms with Crippen LogP contribution in [0.5, 0.6) is 0 Å². The van der Waals surface area contributed by atoms with E-state index < -0.39 is 5.60 Å². The lowest BCUT2D eigenvalue weighted by atomic mass is 10.0. The number of likely N-dealkylation sites (tertiary alicyclic amines) is 1. The molecule has 0 spiro atoms. The molecule has 132 valence electrons. The van der Waals surface area contributed by atoms with Gasteiger partial charge in [0.15, 0.2) is 0 Å². The maximum atomic E-state index is 12.8. The molecular formula is C19H24N4O2. The number of aryl methyl sites for hydroxylation is 2. The molecule has 0 saturated carbocycles. The molecule has 4 rings (SSSR count). The lowest BCUT2D eigenvalue weighted by Crippen LogP contribution is -2.53. The van der Waals surface area contributed by atoms with Gasteiger partial charge < -0.3 is 5.11 Å². The van der Waals surface area contributed by atoms with Gasteiger partial charge in [-0.1, -0.05) is 17.7 Å². The molecule has 0 radical (unpaired) electrons. The number of nitrogens with zero attached hydrogens (tertiary/aromatic N) is 4. The van der Waals surface area contributed by atoms with Gasteiger partial charge in [-0.05, 0) is 32.2 Å². The topological polar surface area (TPSA) is 63.3 Å². The van der Waals surface area contributed by atoms with Crippen LogP contribution in [0.25, 0.3) is 21.8 Å². The molecule has 0 atom stereocenters. The van der Waals surface area contributed by atoms with Crippen LogP contribution in [0, 0.1) is 6.92 Å². The molecule has 3 heterocycles. The van der Waals surface area contributed by atoms with Crippen LogP contribution in [0.15, 0.2) is 29.2 Å². The second-order valence-electron chi connectivity index (χ2n) is 7.90. The summed E-state index contributed by atoms with van der Waals surface area (Å²) < 4.78 is 3.68. The molecule has 0 amide bonds. The molecule has 1 aliphatic heterocycles. The van der Waals surface area contributed by atoms with Crippen molar-refractivity contribution in [3.05, 3.63) is 40.3 Å². The summed E-state index contributed by atoms with van der Waals surface area (Å²) in [5.41, 5.74) is 1.27. The SMILES string of the molecule is Cc1ccc2c(c1)c(=O)n(C)c1c2cnn1C1CN(CC(C)(C)O)C1. The Morgan fingerprint density at radius 2 is 1.96 bits per heavy atom. The summed E-state index contributed by atoms with van der Waals surface area (Å²) in [5.74, 6) is 0. The number of fused-ring (bicyclic) bond motifs is 3. The fourth-order valence-corrected chi connectivity index (χ4v) is 3.87. The molecule has 0 bridgehead atoms. The number of aliphatic hydroxyl groups is 1. The highest BCUT2D eigenvalue weighted by Gasteiger charge is 2.33. The minimum absolute atomic E-state index is 0.0145. The van der Waals surface area contributed by atoms with E-state index in [2.05, 4.69) is 10.00 Å². The van der Waals surface area contributed by atoms with Crippen molar-refractivity contribution in [1.29, 1.82) is 0 Å². The van der Waals surface area contributed by atoms with Gasteiger partial charge in [0, 0.05) is 37.5 Å². The Balaban J connectivity index is 1.77. The number of pyridine rings is 1. The van der Waals surface area contributed by atoms with Crippen molar-refractivity contribution in [2.75, 3.05) is 19.6 Å². The van der Waals surface area contributed by atoms with Crippen molar-refractivity contribution < 1.29 is 5.11 Å². The fraction of sp³-hybridized carbons (Fsp3) is 0.474. The van der Waals surface area contributed by atoms with Crippen LogP contribution in [0.4, 0.5) is 0 Å². The summed E-state index contributed by atoms with van der Waals surface area (Å²) in [7, 11) is 1.82. The van der Waals surface area contributed by atoms with Crippen LogP contribution in [0.1, 0.15) is 25.5 Å². The van der Waals surface area contributed by atoms with Crippen molar-refractivity contribution in [3.8, 4) is 0 Å². The fourth-order valence-electron chi connectivity index (χ4n) is 3.87. The molecule has 1 fully saturated rings. The first kappa shape index (κ1) is 16.3. The maximum absolute atomic E-state index is 12.8. The molecular weight excluding hydrogens is 316 g/mol. The molecule has 1 N–H and O–H groups in total. The van der Waals surface area contributed by atoms with Crippen molar-refractivity contribution >= 4 is 21.8 Å². The smallest absolute Gasteiger partial charge is 0.259 e. The molecule has 2 aromatic heterocycles. The summed E-state index contributed by atoms with van der Waals surface area (Å²) >= 11 is 0. The van der Waals surface area contributed by atoms with Gasteiger partial charge >= 0.3 is 0 Å². The number of aromatic nitrogens is 3. The lowest BCUT2D eigenvalue weighted by Gasteiger charge is -2.42. The van der Waals surface area contributed by atoms with Crippen LogP contribution < -0.4 is 5.56 Å². The van der Waals surface area contributed by atoms with Crippen molar-refractivity contribution in [2.45, 2.75) is 32.4 Å². The Labute approximate surface area is 146 Å². The minimum atomic E-state index is -0.696. The van der Waals surface area contributed by atoms with Crippen LogP contribution in [-0.2, 0) is 7.05 Å². The van der Waals surface area contributed by atoms with E-state index in [1.807, 2.05) is 56.9 Å². The summed E-state index contributed by atoms with van der Waals surface area (Å²) in [5, 5.41) is 17.3. The van der Waals surface area contributed by atoms with Crippen LogP contribution in [-0.4, -0.2) is 49.6 Å². The van der Waals surface area contributed by atoms with Crippen molar-refractivity contribution in [3.63, 3.8) is 0 Å². The number of benzene rings is 1. The van der Waals surface area contributed by atoms with E-state index in [0.717, 1.165) is 40.5 Å². The molecule has 0 aliphatic carbocycles. The first-order chi connectivity index (χ1) is 11.7. The Morgan fingerprint density at radius 3 is 2.64 bits per heavy atom. The van der Waals surface area contributed by atoms with Gasteiger partial charge in [-0.2, -0.15) is 5.10 Å². The Bertz CT molecular complexity index is 1020. The molecule has 3 aromatic rings. The Kier molecular flexibility index (Phi) is 3.53. The van der Waals surface area contributed by atoms with Gasteiger partial charge in [0.05, 0.1) is 17.8 Å². The first-order valence-electron chi connectivity index (χ1n) is 8.66. The molecule has 1 saturated heterocycles. The summed E-state index contributed by atoms with van der Waals surface area (Å²) in [6.45, 7) is 7.95. The van der Waals surface area contributed by atoms with E-state index in [1.54, 1.807) is 4.57 Å². The third-order valence-electron chi connectivity index (χ3n) is 4.98.